The van der Waals surface area contributed by atoms with Crippen LogP contribution in [0.4, 0.5) is 5.69 Å². The molecule has 1 saturated heterocycles. The third kappa shape index (κ3) is 2.76. The molecule has 1 aromatic carbocycles. The number of aromatic amines is 1. The molecule has 2 aliphatic heterocycles. The Labute approximate surface area is 139 Å². The van der Waals surface area contributed by atoms with Crippen LogP contribution in [0.3, 0.4) is 0 Å². The van der Waals surface area contributed by atoms with Gasteiger partial charge in [-0.2, -0.15) is 0 Å². The van der Waals surface area contributed by atoms with Gasteiger partial charge in [0, 0.05) is 41.7 Å². The highest BCUT2D eigenvalue weighted by Gasteiger charge is 2.29. The van der Waals surface area contributed by atoms with E-state index in [9.17, 15) is 10.1 Å². The number of hydrogen-bond acceptors (Lipinski definition) is 5. The molecule has 0 amide bonds. The molecule has 0 spiro atoms. The molecule has 0 saturated carbocycles. The average Bonchev–Trinajstić information content (AvgIpc) is 3.25. The number of hydrogen-bond donors (Lipinski definition) is 1. The largest absolute Gasteiger partial charge is 0.467 e. The Morgan fingerprint density at radius 2 is 2.33 bits per heavy atom. The highest BCUT2D eigenvalue weighted by atomic mass is 16.7. The van der Waals surface area contributed by atoms with E-state index in [4.69, 9.17) is 9.47 Å². The summed E-state index contributed by atoms with van der Waals surface area (Å²) < 4.78 is 10.9. The molecule has 1 aromatic heterocycles. The van der Waals surface area contributed by atoms with Crippen LogP contribution in [0.1, 0.15) is 35.7 Å². The summed E-state index contributed by atoms with van der Waals surface area (Å²) in [5.74, 6) is 0.740. The average molecular weight is 329 g/mol. The number of likely N-dealkylation sites (tertiary alicyclic amines) is 1. The Morgan fingerprint density at radius 3 is 3.12 bits per heavy atom. The van der Waals surface area contributed by atoms with Crippen molar-refractivity contribution in [1.82, 2.24) is 9.88 Å². The predicted molar refractivity (Wildman–Crippen MR) is 86.6 cm³/mol. The number of nitro groups is 1. The first-order valence-electron chi connectivity index (χ1n) is 8.10. The minimum absolute atomic E-state index is 0.0912. The van der Waals surface area contributed by atoms with Crippen molar-refractivity contribution in [2.24, 2.45) is 0 Å². The van der Waals surface area contributed by atoms with Crippen LogP contribution in [0.2, 0.25) is 0 Å². The van der Waals surface area contributed by atoms with Gasteiger partial charge in [0.2, 0.25) is 0 Å². The van der Waals surface area contributed by atoms with Crippen LogP contribution < -0.4 is 4.74 Å². The number of nitro benzene ring substituents is 1. The van der Waals surface area contributed by atoms with Gasteiger partial charge in [-0.1, -0.05) is 0 Å². The van der Waals surface area contributed by atoms with Crippen molar-refractivity contribution in [3.8, 4) is 5.75 Å². The van der Waals surface area contributed by atoms with Crippen LogP contribution in [0.25, 0.3) is 0 Å². The molecule has 1 atom stereocenters. The number of H-pyrrole nitrogens is 1. The first kappa shape index (κ1) is 15.2. The van der Waals surface area contributed by atoms with Gasteiger partial charge in [0.25, 0.3) is 5.69 Å². The standard InChI is InChI=1S/C17H19N3O4/c21-20(22)14-7-12(17-13(8-14)10-23-11-24-17)9-19-6-2-4-16(19)15-3-1-5-18-15/h1,3,5,7-8,16,18H,2,4,6,9-11H2. The van der Waals surface area contributed by atoms with Crippen molar-refractivity contribution in [2.45, 2.75) is 32.0 Å². The van der Waals surface area contributed by atoms with Gasteiger partial charge in [0.1, 0.15) is 5.75 Å². The number of fused-ring (bicyclic) bond motifs is 1. The molecule has 1 fully saturated rings. The van der Waals surface area contributed by atoms with Crippen molar-refractivity contribution >= 4 is 5.69 Å². The lowest BCUT2D eigenvalue weighted by molar-refractivity contribution is -0.385. The summed E-state index contributed by atoms with van der Waals surface area (Å²) in [6.07, 6.45) is 4.13. The summed E-state index contributed by atoms with van der Waals surface area (Å²) in [7, 11) is 0. The number of rotatable bonds is 4. The van der Waals surface area contributed by atoms with E-state index >= 15 is 0 Å². The lowest BCUT2D eigenvalue weighted by Crippen LogP contribution is -2.24. The Morgan fingerprint density at radius 1 is 1.42 bits per heavy atom. The summed E-state index contributed by atoms with van der Waals surface area (Å²) in [4.78, 5) is 16.5. The zero-order valence-electron chi connectivity index (χ0n) is 13.2. The molecule has 2 aromatic rings. The highest BCUT2D eigenvalue weighted by Crippen LogP contribution is 2.37. The van der Waals surface area contributed by atoms with Crippen molar-refractivity contribution in [3.05, 3.63) is 57.4 Å². The van der Waals surface area contributed by atoms with Gasteiger partial charge >= 0.3 is 0 Å². The van der Waals surface area contributed by atoms with Gasteiger partial charge in [-0.25, -0.2) is 0 Å². The Kier molecular flexibility index (Phi) is 3.95. The molecular formula is C17H19N3O4. The van der Waals surface area contributed by atoms with Crippen LogP contribution in [-0.4, -0.2) is 28.1 Å². The Balaban J connectivity index is 1.66. The SMILES string of the molecule is O=[N+]([O-])c1cc2c(c(CN3CCCC3c3ccc[nH]3)c1)OCOC2. The van der Waals surface area contributed by atoms with E-state index in [-0.39, 0.29) is 17.4 Å². The topological polar surface area (TPSA) is 80.6 Å². The fraction of sp³-hybridized carbons (Fsp3) is 0.412. The maximum atomic E-state index is 11.2. The zero-order chi connectivity index (χ0) is 16.5. The van der Waals surface area contributed by atoms with Crippen LogP contribution in [0.15, 0.2) is 30.5 Å². The minimum Gasteiger partial charge on any atom is -0.467 e. The molecule has 0 aliphatic carbocycles. The minimum atomic E-state index is -0.356. The van der Waals surface area contributed by atoms with Crippen LogP contribution in [0, 0.1) is 10.1 Å². The summed E-state index contributed by atoms with van der Waals surface area (Å²) in [6, 6.07) is 7.59. The highest BCUT2D eigenvalue weighted by molar-refractivity contribution is 5.50. The van der Waals surface area contributed by atoms with Gasteiger partial charge in [-0.3, -0.25) is 15.0 Å². The fourth-order valence-electron chi connectivity index (χ4n) is 3.64. The zero-order valence-corrected chi connectivity index (χ0v) is 13.2. The smallest absolute Gasteiger partial charge is 0.270 e. The molecule has 3 heterocycles. The third-order valence-corrected chi connectivity index (χ3v) is 4.70. The molecule has 24 heavy (non-hydrogen) atoms. The van der Waals surface area contributed by atoms with E-state index in [1.807, 2.05) is 12.3 Å². The van der Waals surface area contributed by atoms with Crippen molar-refractivity contribution in [1.29, 1.82) is 0 Å². The molecule has 1 N–H and O–H groups in total. The monoisotopic (exact) mass is 329 g/mol. The number of aromatic nitrogens is 1. The Hall–Kier alpha value is -2.38. The molecule has 0 radical (unpaired) electrons. The van der Waals surface area contributed by atoms with E-state index in [0.717, 1.165) is 36.3 Å². The second-order valence-corrected chi connectivity index (χ2v) is 6.21. The maximum absolute atomic E-state index is 11.2. The van der Waals surface area contributed by atoms with Gasteiger partial charge in [-0.05, 0) is 31.5 Å². The summed E-state index contributed by atoms with van der Waals surface area (Å²) in [5, 5.41) is 11.2. The normalized spacial score (nSPS) is 20.6. The number of nitrogens with one attached hydrogen (secondary N) is 1. The van der Waals surface area contributed by atoms with E-state index in [1.54, 1.807) is 12.1 Å². The second-order valence-electron chi connectivity index (χ2n) is 6.21. The predicted octanol–water partition coefficient (Wildman–Crippen LogP) is 3.13. The first-order chi connectivity index (χ1) is 11.7. The number of benzene rings is 1. The van der Waals surface area contributed by atoms with Crippen LogP contribution in [-0.2, 0) is 17.9 Å². The molecule has 4 rings (SSSR count). The van der Waals surface area contributed by atoms with Gasteiger partial charge in [0.05, 0.1) is 17.6 Å². The molecule has 7 nitrogen and oxygen atoms in total. The van der Waals surface area contributed by atoms with Crippen molar-refractivity contribution in [2.75, 3.05) is 13.3 Å². The van der Waals surface area contributed by atoms with E-state index in [0.29, 0.717) is 19.2 Å². The molecule has 7 heteroatoms. The summed E-state index contributed by atoms with van der Waals surface area (Å²) >= 11 is 0. The molecule has 1 unspecified atom stereocenters. The van der Waals surface area contributed by atoms with E-state index in [1.165, 1.54) is 5.69 Å². The van der Waals surface area contributed by atoms with Crippen LogP contribution >= 0.6 is 0 Å². The lowest BCUT2D eigenvalue weighted by atomic mass is 10.1. The van der Waals surface area contributed by atoms with Gasteiger partial charge < -0.3 is 14.5 Å². The number of ether oxygens (including phenoxy) is 2. The molecule has 2 aliphatic rings. The van der Waals surface area contributed by atoms with E-state index in [2.05, 4.69) is 16.0 Å². The molecule has 0 bridgehead atoms. The van der Waals surface area contributed by atoms with Gasteiger partial charge in [0.15, 0.2) is 6.79 Å². The van der Waals surface area contributed by atoms with Crippen LogP contribution in [0.5, 0.6) is 5.75 Å². The molecule has 126 valence electrons. The second kappa shape index (κ2) is 6.26. The van der Waals surface area contributed by atoms with Crippen molar-refractivity contribution < 1.29 is 14.4 Å². The first-order valence-corrected chi connectivity index (χ1v) is 8.10. The third-order valence-electron chi connectivity index (χ3n) is 4.70. The maximum Gasteiger partial charge on any atom is 0.270 e. The number of nitrogens with zero attached hydrogens (tertiary/aromatic N) is 2. The van der Waals surface area contributed by atoms with E-state index < -0.39 is 0 Å². The quantitative estimate of drug-likeness (QED) is 0.688. The lowest BCUT2D eigenvalue weighted by Gasteiger charge is -2.26. The van der Waals surface area contributed by atoms with Crippen molar-refractivity contribution in [3.63, 3.8) is 0 Å². The summed E-state index contributed by atoms with van der Waals surface area (Å²) in [6.45, 7) is 2.15. The fourth-order valence-corrected chi connectivity index (χ4v) is 3.64. The number of non-ortho nitro benzene ring substituents is 1. The molecular weight excluding hydrogens is 310 g/mol. The van der Waals surface area contributed by atoms with Gasteiger partial charge in [-0.15, -0.1) is 0 Å². The summed E-state index contributed by atoms with van der Waals surface area (Å²) in [5.41, 5.74) is 2.89. The Bertz CT molecular complexity index is 745.